The summed E-state index contributed by atoms with van der Waals surface area (Å²) in [4.78, 5) is 12.9. The van der Waals surface area contributed by atoms with Gasteiger partial charge in [0.1, 0.15) is 0 Å². The summed E-state index contributed by atoms with van der Waals surface area (Å²) < 4.78 is 23.6. The van der Waals surface area contributed by atoms with E-state index < -0.39 is 7.60 Å². The molecule has 1 aliphatic heterocycles. The molecule has 0 fully saturated rings. The molecule has 1 aliphatic rings. The molecule has 7 heteroatoms. The van der Waals surface area contributed by atoms with Crippen molar-refractivity contribution < 1.29 is 18.4 Å². The average Bonchev–Trinajstić information content (AvgIpc) is 2.91. The van der Waals surface area contributed by atoms with E-state index in [1.54, 1.807) is 38.1 Å². The Bertz CT molecular complexity index is 977. The second-order valence-corrected chi connectivity index (χ2v) is 10.3. The number of thioether (sulfide) groups is 1. The molecule has 2 aromatic rings. The van der Waals surface area contributed by atoms with E-state index in [4.69, 9.17) is 9.05 Å². The molecule has 0 aliphatic carbocycles. The summed E-state index contributed by atoms with van der Waals surface area (Å²) in [5.41, 5.74) is 5.49. The van der Waals surface area contributed by atoms with Gasteiger partial charge in [-0.25, -0.2) is 0 Å². The standard InChI is InChI=1S/C23H28NO4PS/c1-5-27-29(26,28-6-2)21-9-7-20(8-10-21)24-23(25)22-15-19-14-17(4)16(3)13-18(19)11-12-30-22/h7-14,22H,5-6,15H2,1-4H3,(H,24,25). The minimum absolute atomic E-state index is 0.0544. The molecule has 1 unspecified atom stereocenters. The Balaban J connectivity index is 1.72. The van der Waals surface area contributed by atoms with E-state index in [0.29, 0.717) is 30.6 Å². The van der Waals surface area contributed by atoms with Crippen LogP contribution < -0.4 is 10.6 Å². The number of aryl methyl sites for hydroxylation is 2. The van der Waals surface area contributed by atoms with Gasteiger partial charge in [-0.1, -0.05) is 12.1 Å². The van der Waals surface area contributed by atoms with Gasteiger partial charge in [0, 0.05) is 5.69 Å². The minimum Gasteiger partial charge on any atom is -0.325 e. The van der Waals surface area contributed by atoms with Crippen LogP contribution in [0, 0.1) is 13.8 Å². The van der Waals surface area contributed by atoms with Crippen molar-refractivity contribution in [3.8, 4) is 0 Å². The van der Waals surface area contributed by atoms with Crippen LogP contribution in [0.5, 0.6) is 0 Å². The third-order valence-electron chi connectivity index (χ3n) is 4.99. The van der Waals surface area contributed by atoms with Crippen molar-refractivity contribution in [2.24, 2.45) is 0 Å². The molecule has 30 heavy (non-hydrogen) atoms. The molecule has 5 nitrogen and oxygen atoms in total. The first kappa shape index (κ1) is 22.8. The Morgan fingerprint density at radius 2 is 1.73 bits per heavy atom. The van der Waals surface area contributed by atoms with Crippen LogP contribution in [-0.4, -0.2) is 24.4 Å². The maximum absolute atomic E-state index is 12.9. The van der Waals surface area contributed by atoms with Crippen molar-refractivity contribution in [3.05, 3.63) is 64.1 Å². The molecule has 0 aromatic heterocycles. The van der Waals surface area contributed by atoms with E-state index in [9.17, 15) is 9.36 Å². The van der Waals surface area contributed by atoms with Gasteiger partial charge in [0.25, 0.3) is 0 Å². The monoisotopic (exact) mass is 445 g/mol. The topological polar surface area (TPSA) is 64.6 Å². The molecular formula is C23H28NO4PS. The zero-order valence-electron chi connectivity index (χ0n) is 17.8. The largest absolute Gasteiger partial charge is 0.361 e. The Morgan fingerprint density at radius 1 is 1.10 bits per heavy atom. The Labute approximate surface area is 182 Å². The van der Waals surface area contributed by atoms with E-state index in [2.05, 4.69) is 37.4 Å². The maximum Gasteiger partial charge on any atom is 0.361 e. The van der Waals surface area contributed by atoms with Crippen LogP contribution in [0.4, 0.5) is 5.69 Å². The Kier molecular flexibility index (Phi) is 7.59. The molecule has 1 amide bonds. The van der Waals surface area contributed by atoms with Crippen LogP contribution in [0.1, 0.15) is 36.1 Å². The predicted molar refractivity (Wildman–Crippen MR) is 126 cm³/mol. The van der Waals surface area contributed by atoms with Crippen LogP contribution >= 0.6 is 19.4 Å². The number of amides is 1. The minimum atomic E-state index is -3.33. The SMILES string of the molecule is CCOP(=O)(OCC)c1ccc(NC(=O)C2Cc3cc(C)c(C)cc3C=CS2)cc1. The molecule has 0 spiro atoms. The quantitative estimate of drug-likeness (QED) is 0.573. The van der Waals surface area contributed by atoms with Crippen molar-refractivity contribution in [2.45, 2.75) is 39.4 Å². The highest BCUT2D eigenvalue weighted by molar-refractivity contribution is 8.03. The number of carbonyl (C=O) groups excluding carboxylic acids is 1. The zero-order valence-corrected chi connectivity index (χ0v) is 19.5. The summed E-state index contributed by atoms with van der Waals surface area (Å²) in [5, 5.41) is 5.23. The van der Waals surface area contributed by atoms with Gasteiger partial charge in [-0.3, -0.25) is 9.36 Å². The fourth-order valence-electron chi connectivity index (χ4n) is 3.32. The predicted octanol–water partition coefficient (Wildman–Crippen LogP) is 5.46. The van der Waals surface area contributed by atoms with Crippen LogP contribution in [-0.2, 0) is 24.8 Å². The summed E-state index contributed by atoms with van der Waals surface area (Å²) >= 11 is 1.52. The van der Waals surface area contributed by atoms with E-state index in [1.807, 2.05) is 5.41 Å². The van der Waals surface area contributed by atoms with E-state index in [1.165, 1.54) is 34.0 Å². The Morgan fingerprint density at radius 3 is 2.37 bits per heavy atom. The lowest BCUT2D eigenvalue weighted by Gasteiger charge is -2.18. The van der Waals surface area contributed by atoms with Crippen LogP contribution in [0.3, 0.4) is 0 Å². The van der Waals surface area contributed by atoms with Gasteiger partial charge < -0.3 is 14.4 Å². The van der Waals surface area contributed by atoms with Gasteiger partial charge >= 0.3 is 7.60 Å². The number of fused-ring (bicyclic) bond motifs is 1. The molecule has 2 aromatic carbocycles. The van der Waals surface area contributed by atoms with Gasteiger partial charge in [-0.05, 0) is 92.1 Å². The highest BCUT2D eigenvalue weighted by Crippen LogP contribution is 2.46. The lowest BCUT2D eigenvalue weighted by molar-refractivity contribution is -0.115. The molecule has 1 atom stereocenters. The fourth-order valence-corrected chi connectivity index (χ4v) is 5.76. The number of nitrogens with one attached hydrogen (secondary N) is 1. The normalized spacial score (nSPS) is 16.1. The number of hydrogen-bond donors (Lipinski definition) is 1. The number of hydrogen-bond acceptors (Lipinski definition) is 5. The Hall–Kier alpha value is -1.85. The summed E-state index contributed by atoms with van der Waals surface area (Å²) in [6.45, 7) is 8.34. The lowest BCUT2D eigenvalue weighted by Crippen LogP contribution is -2.27. The molecule has 0 radical (unpaired) electrons. The lowest BCUT2D eigenvalue weighted by atomic mass is 9.96. The first-order valence-corrected chi connectivity index (χ1v) is 12.6. The highest BCUT2D eigenvalue weighted by atomic mass is 32.2. The van der Waals surface area contributed by atoms with Gasteiger partial charge in [-0.2, -0.15) is 0 Å². The number of anilines is 1. The molecule has 3 rings (SSSR count). The number of rotatable bonds is 7. The average molecular weight is 446 g/mol. The van der Waals surface area contributed by atoms with Crippen molar-refractivity contribution >= 4 is 42.3 Å². The van der Waals surface area contributed by atoms with Crippen molar-refractivity contribution in [3.63, 3.8) is 0 Å². The van der Waals surface area contributed by atoms with E-state index in [-0.39, 0.29) is 11.2 Å². The summed E-state index contributed by atoms with van der Waals surface area (Å²) in [7, 11) is -3.33. The maximum atomic E-state index is 12.9. The van der Waals surface area contributed by atoms with Crippen LogP contribution in [0.2, 0.25) is 0 Å². The molecule has 0 bridgehead atoms. The molecule has 160 valence electrons. The third-order valence-corrected chi connectivity index (χ3v) is 8.12. The summed E-state index contributed by atoms with van der Waals surface area (Å²) in [6.07, 6.45) is 2.75. The van der Waals surface area contributed by atoms with Crippen LogP contribution in [0.15, 0.2) is 41.8 Å². The van der Waals surface area contributed by atoms with Gasteiger partial charge in [0.15, 0.2) is 0 Å². The van der Waals surface area contributed by atoms with E-state index >= 15 is 0 Å². The first-order chi connectivity index (χ1) is 14.4. The first-order valence-electron chi connectivity index (χ1n) is 10.1. The second-order valence-electron chi connectivity index (χ2n) is 7.14. The van der Waals surface area contributed by atoms with Gasteiger partial charge in [0.2, 0.25) is 5.91 Å². The van der Waals surface area contributed by atoms with Gasteiger partial charge in [0.05, 0.1) is 23.8 Å². The second kappa shape index (κ2) is 9.97. The van der Waals surface area contributed by atoms with Crippen molar-refractivity contribution in [2.75, 3.05) is 18.5 Å². The molecule has 1 N–H and O–H groups in total. The van der Waals surface area contributed by atoms with Crippen molar-refractivity contribution in [1.82, 2.24) is 0 Å². The summed E-state index contributed by atoms with van der Waals surface area (Å²) in [5.74, 6) is -0.0544. The molecule has 0 saturated heterocycles. The van der Waals surface area contributed by atoms with E-state index in [0.717, 1.165) is 0 Å². The number of carbonyl (C=O) groups is 1. The third kappa shape index (κ3) is 5.25. The smallest absolute Gasteiger partial charge is 0.325 e. The van der Waals surface area contributed by atoms with Gasteiger partial charge in [-0.15, -0.1) is 11.8 Å². The molecule has 0 saturated carbocycles. The fraction of sp³-hybridized carbons (Fsp3) is 0.348. The zero-order chi connectivity index (χ0) is 21.7. The van der Waals surface area contributed by atoms with Crippen molar-refractivity contribution in [1.29, 1.82) is 0 Å². The van der Waals surface area contributed by atoms with Crippen LogP contribution in [0.25, 0.3) is 6.08 Å². The molecular weight excluding hydrogens is 417 g/mol. The summed E-state index contributed by atoms with van der Waals surface area (Å²) in [6, 6.07) is 11.2. The number of benzene rings is 2. The highest BCUT2D eigenvalue weighted by Gasteiger charge is 2.27. The molecule has 1 heterocycles.